The number of aliphatic hydroxyl groups is 1. The van der Waals surface area contributed by atoms with E-state index >= 15 is 0 Å². The van der Waals surface area contributed by atoms with Crippen molar-refractivity contribution in [2.24, 2.45) is 0 Å². The number of nitrogens with two attached hydrogens (primary N) is 1. The molecule has 1 aromatic heterocycles. The van der Waals surface area contributed by atoms with Crippen molar-refractivity contribution in [1.29, 1.82) is 0 Å². The summed E-state index contributed by atoms with van der Waals surface area (Å²) >= 11 is 2.83. The van der Waals surface area contributed by atoms with E-state index in [1.807, 2.05) is 36.4 Å². The number of hydrogen-bond donors (Lipinski definition) is 3. The van der Waals surface area contributed by atoms with E-state index in [4.69, 9.17) is 10.5 Å². The van der Waals surface area contributed by atoms with Crippen LogP contribution in [0.2, 0.25) is 0 Å². The van der Waals surface area contributed by atoms with E-state index < -0.39 is 17.3 Å². The number of carboxylic acid groups (broad SMARTS) is 1. The number of aliphatic hydroxyl groups excluding tert-OH is 1. The lowest BCUT2D eigenvalue weighted by atomic mass is 10.1. The number of rotatable bonds is 7. The minimum Gasteiger partial charge on any atom is -0.497 e. The van der Waals surface area contributed by atoms with Crippen LogP contribution in [0.5, 0.6) is 5.75 Å². The van der Waals surface area contributed by atoms with Gasteiger partial charge in [0.25, 0.3) is 0 Å². The molecule has 0 saturated heterocycles. The summed E-state index contributed by atoms with van der Waals surface area (Å²) < 4.78 is 6.04. The molecule has 140 valence electrons. The number of methoxy groups -OCH3 is 1. The average Bonchev–Trinajstić information content (AvgIpc) is 3.14. The molecule has 0 spiro atoms. The lowest BCUT2D eigenvalue weighted by Crippen LogP contribution is -2.25. The molecule has 4 N–H and O–H groups in total. The summed E-state index contributed by atoms with van der Waals surface area (Å²) in [6.07, 6.45) is -1.53. The van der Waals surface area contributed by atoms with E-state index in [0.29, 0.717) is 17.0 Å². The van der Waals surface area contributed by atoms with E-state index in [1.54, 1.807) is 31.4 Å². The zero-order valence-electron chi connectivity index (χ0n) is 14.5. The number of aliphatic carboxylic acids is 1. The zero-order valence-corrected chi connectivity index (χ0v) is 16.2. The summed E-state index contributed by atoms with van der Waals surface area (Å²) in [7, 11) is 1.57. The van der Waals surface area contributed by atoms with E-state index in [1.165, 1.54) is 23.1 Å². The molecular formula is C20H19NO4S2. The Morgan fingerprint density at radius 3 is 2.44 bits per heavy atom. The highest BCUT2D eigenvalue weighted by molar-refractivity contribution is 8.01. The van der Waals surface area contributed by atoms with Crippen LogP contribution in [0.1, 0.15) is 10.8 Å². The number of nitrogen functional groups attached to an aromatic ring is 1. The van der Waals surface area contributed by atoms with Gasteiger partial charge < -0.3 is 20.7 Å². The summed E-state index contributed by atoms with van der Waals surface area (Å²) in [5.41, 5.74) is 8.38. The number of thioether (sulfide) groups is 1. The van der Waals surface area contributed by atoms with Crippen LogP contribution in [0.3, 0.4) is 0 Å². The van der Waals surface area contributed by atoms with E-state index in [2.05, 4.69) is 0 Å². The molecule has 3 aromatic rings. The second-order valence-electron chi connectivity index (χ2n) is 5.80. The van der Waals surface area contributed by atoms with Gasteiger partial charge in [-0.2, -0.15) is 0 Å². The van der Waals surface area contributed by atoms with Crippen molar-refractivity contribution < 1.29 is 19.7 Å². The van der Waals surface area contributed by atoms with E-state index in [9.17, 15) is 15.0 Å². The summed E-state index contributed by atoms with van der Waals surface area (Å²) in [6.45, 7) is 0. The van der Waals surface area contributed by atoms with Crippen LogP contribution < -0.4 is 10.5 Å². The second kappa shape index (κ2) is 8.47. The van der Waals surface area contributed by atoms with Crippen LogP contribution in [0.25, 0.3) is 10.4 Å². The quantitative estimate of drug-likeness (QED) is 0.404. The normalized spacial score (nSPS) is 13.1. The topological polar surface area (TPSA) is 92.8 Å². The SMILES string of the molecule is COc1ccc(C(Sc2ccc(-c3ccccc3N)s2)C(O)C(=O)O)cc1. The monoisotopic (exact) mass is 401 g/mol. The molecule has 0 aliphatic carbocycles. The molecule has 0 radical (unpaired) electrons. The molecule has 3 rings (SSSR count). The number of ether oxygens (including phenoxy) is 1. The van der Waals surface area contributed by atoms with Gasteiger partial charge >= 0.3 is 5.97 Å². The fourth-order valence-corrected chi connectivity index (χ4v) is 5.11. The minimum absolute atomic E-state index is 0.645. The van der Waals surface area contributed by atoms with Crippen LogP contribution in [-0.2, 0) is 4.79 Å². The molecule has 0 aliphatic heterocycles. The number of para-hydroxylation sites is 1. The first-order valence-corrected chi connectivity index (χ1v) is 9.85. The summed E-state index contributed by atoms with van der Waals surface area (Å²) in [5.74, 6) is -0.585. The highest BCUT2D eigenvalue weighted by atomic mass is 32.2. The fourth-order valence-electron chi connectivity index (χ4n) is 2.61. The first-order chi connectivity index (χ1) is 13.0. The Kier molecular flexibility index (Phi) is 6.05. The molecule has 2 atom stereocenters. The largest absolute Gasteiger partial charge is 0.497 e. The first-order valence-electron chi connectivity index (χ1n) is 8.16. The molecule has 2 aromatic carbocycles. The predicted molar refractivity (Wildman–Crippen MR) is 109 cm³/mol. The predicted octanol–water partition coefficient (Wildman–Crippen LogP) is 4.28. The molecule has 0 amide bonds. The number of benzene rings is 2. The number of carboxylic acids is 1. The van der Waals surface area contributed by atoms with Crippen LogP contribution in [0, 0.1) is 0 Å². The molecule has 7 heteroatoms. The maximum Gasteiger partial charge on any atom is 0.334 e. The highest BCUT2D eigenvalue weighted by Crippen LogP contribution is 2.44. The van der Waals surface area contributed by atoms with Crippen molar-refractivity contribution in [3.63, 3.8) is 0 Å². The third-order valence-corrected chi connectivity index (χ3v) is 6.64. The van der Waals surface area contributed by atoms with Gasteiger partial charge in [0, 0.05) is 16.1 Å². The minimum atomic E-state index is -1.53. The van der Waals surface area contributed by atoms with Gasteiger partial charge in [0.05, 0.1) is 16.6 Å². The summed E-state index contributed by atoms with van der Waals surface area (Å²) in [5, 5.41) is 18.9. The van der Waals surface area contributed by atoms with Gasteiger partial charge in [-0.05, 0) is 35.9 Å². The van der Waals surface area contributed by atoms with Crippen molar-refractivity contribution in [3.8, 4) is 16.2 Å². The van der Waals surface area contributed by atoms with Crippen molar-refractivity contribution in [3.05, 3.63) is 66.2 Å². The van der Waals surface area contributed by atoms with Gasteiger partial charge in [-0.15, -0.1) is 23.1 Å². The van der Waals surface area contributed by atoms with Gasteiger partial charge in [-0.25, -0.2) is 4.79 Å². The molecule has 5 nitrogen and oxygen atoms in total. The maximum absolute atomic E-state index is 11.4. The average molecular weight is 402 g/mol. The Balaban J connectivity index is 1.88. The van der Waals surface area contributed by atoms with Crippen LogP contribution in [-0.4, -0.2) is 29.4 Å². The van der Waals surface area contributed by atoms with E-state index in [0.717, 1.165) is 14.6 Å². The molecule has 0 bridgehead atoms. The van der Waals surface area contributed by atoms with Gasteiger partial charge in [-0.3, -0.25) is 0 Å². The second-order valence-corrected chi connectivity index (χ2v) is 8.33. The molecule has 0 saturated carbocycles. The van der Waals surface area contributed by atoms with Crippen LogP contribution >= 0.6 is 23.1 Å². The van der Waals surface area contributed by atoms with Crippen molar-refractivity contribution in [2.75, 3.05) is 12.8 Å². The third kappa shape index (κ3) is 4.44. The molecule has 27 heavy (non-hydrogen) atoms. The highest BCUT2D eigenvalue weighted by Gasteiger charge is 2.29. The smallest absolute Gasteiger partial charge is 0.334 e. The van der Waals surface area contributed by atoms with Gasteiger partial charge in [-0.1, -0.05) is 30.3 Å². The first kappa shape index (κ1) is 19.3. The van der Waals surface area contributed by atoms with Crippen molar-refractivity contribution in [2.45, 2.75) is 15.6 Å². The summed E-state index contributed by atoms with van der Waals surface area (Å²) in [6, 6.07) is 18.5. The number of thiophene rings is 1. The number of hydrogen-bond acceptors (Lipinski definition) is 6. The Bertz CT molecular complexity index is 924. The van der Waals surface area contributed by atoms with Crippen LogP contribution in [0.4, 0.5) is 5.69 Å². The van der Waals surface area contributed by atoms with Gasteiger partial charge in [0.1, 0.15) is 5.75 Å². The van der Waals surface area contributed by atoms with E-state index in [-0.39, 0.29) is 0 Å². The lowest BCUT2D eigenvalue weighted by Gasteiger charge is -2.19. The van der Waals surface area contributed by atoms with Crippen LogP contribution in [0.15, 0.2) is 64.9 Å². The molecule has 0 fully saturated rings. The Hall–Kier alpha value is -2.48. The zero-order chi connectivity index (χ0) is 19.4. The Labute approximate surface area is 165 Å². The van der Waals surface area contributed by atoms with Gasteiger partial charge in [0.2, 0.25) is 0 Å². The Morgan fingerprint density at radius 1 is 1.11 bits per heavy atom. The standard InChI is InChI=1S/C20H19NO4S2/c1-25-13-8-6-12(7-9-13)19(18(22)20(23)24)27-17-11-10-16(26-17)14-4-2-3-5-15(14)21/h2-11,18-19,22H,21H2,1H3,(H,23,24). The third-order valence-electron chi connectivity index (χ3n) is 4.03. The lowest BCUT2D eigenvalue weighted by molar-refractivity contribution is -0.146. The molecule has 2 unspecified atom stereocenters. The molecular weight excluding hydrogens is 382 g/mol. The van der Waals surface area contributed by atoms with Crippen molar-refractivity contribution >= 4 is 34.8 Å². The molecule has 0 aliphatic rings. The fraction of sp³-hybridized carbons (Fsp3) is 0.150. The molecule has 1 heterocycles. The van der Waals surface area contributed by atoms with Gasteiger partial charge in [0.15, 0.2) is 6.10 Å². The summed E-state index contributed by atoms with van der Waals surface area (Å²) in [4.78, 5) is 12.4. The number of anilines is 1. The Morgan fingerprint density at radius 2 is 1.81 bits per heavy atom. The maximum atomic E-state index is 11.4. The van der Waals surface area contributed by atoms with Crippen molar-refractivity contribution in [1.82, 2.24) is 0 Å². The number of carbonyl (C=O) groups is 1.